The molecule has 0 aliphatic rings. The third-order valence-corrected chi connectivity index (χ3v) is 2.58. The summed E-state index contributed by atoms with van der Waals surface area (Å²) in [4.78, 5) is 32.7. The van der Waals surface area contributed by atoms with E-state index in [1.54, 1.807) is 0 Å². The van der Waals surface area contributed by atoms with Crippen LogP contribution in [0, 0.1) is 10.1 Å². The van der Waals surface area contributed by atoms with Crippen molar-refractivity contribution in [3.05, 3.63) is 28.1 Å². The van der Waals surface area contributed by atoms with Crippen molar-refractivity contribution in [3.8, 4) is 0 Å². The predicted octanol–water partition coefficient (Wildman–Crippen LogP) is -0.0184. The number of hydrogen-bond acceptors (Lipinski definition) is 5. The molecule has 20 heavy (non-hydrogen) atoms. The van der Waals surface area contributed by atoms with Gasteiger partial charge in [-0.05, 0) is 6.42 Å². The predicted molar refractivity (Wildman–Crippen MR) is 67.4 cm³/mol. The van der Waals surface area contributed by atoms with Gasteiger partial charge < -0.3 is 20.1 Å². The quantitative estimate of drug-likeness (QED) is 0.476. The third-order valence-electron chi connectivity index (χ3n) is 2.58. The van der Waals surface area contributed by atoms with Crippen LogP contribution in [0.4, 0.5) is 5.69 Å². The molecule has 9 heteroatoms. The highest BCUT2D eigenvalue weighted by atomic mass is 16.6. The van der Waals surface area contributed by atoms with E-state index in [1.165, 1.54) is 10.8 Å². The second-order valence-electron chi connectivity index (χ2n) is 4.08. The van der Waals surface area contributed by atoms with Crippen LogP contribution in [-0.2, 0) is 11.3 Å². The lowest BCUT2D eigenvalue weighted by atomic mass is 10.3. The van der Waals surface area contributed by atoms with Gasteiger partial charge in [-0.15, -0.1) is 0 Å². The molecule has 110 valence electrons. The molecule has 0 saturated carbocycles. The number of nitrogens with one attached hydrogen (secondary N) is 1. The van der Waals surface area contributed by atoms with Crippen molar-refractivity contribution in [3.63, 3.8) is 0 Å². The summed E-state index contributed by atoms with van der Waals surface area (Å²) in [5.74, 6) is -2.17. The molecular weight excluding hydrogens is 270 g/mol. The van der Waals surface area contributed by atoms with Gasteiger partial charge in [0, 0.05) is 12.6 Å². The van der Waals surface area contributed by atoms with E-state index in [-0.39, 0.29) is 11.4 Å². The number of aryl methyl sites for hydroxylation is 1. The van der Waals surface area contributed by atoms with Crippen molar-refractivity contribution in [1.29, 1.82) is 0 Å². The molecule has 1 heterocycles. The molecular formula is C11H15N3O6. The van der Waals surface area contributed by atoms with Crippen molar-refractivity contribution in [1.82, 2.24) is 9.88 Å². The van der Waals surface area contributed by atoms with Gasteiger partial charge in [0.05, 0.1) is 17.7 Å². The van der Waals surface area contributed by atoms with Gasteiger partial charge in [-0.1, -0.05) is 6.92 Å². The van der Waals surface area contributed by atoms with E-state index in [0.29, 0.717) is 13.0 Å². The number of carbonyl (C=O) groups is 2. The van der Waals surface area contributed by atoms with E-state index in [4.69, 9.17) is 10.2 Å². The molecule has 0 fully saturated rings. The Balaban J connectivity index is 3.01. The molecule has 3 N–H and O–H groups in total. The Morgan fingerprint density at radius 2 is 2.20 bits per heavy atom. The summed E-state index contributed by atoms with van der Waals surface area (Å²) in [5.41, 5.74) is -0.266. The van der Waals surface area contributed by atoms with Crippen LogP contribution in [0.1, 0.15) is 23.8 Å². The van der Waals surface area contributed by atoms with Crippen LogP contribution in [0.5, 0.6) is 0 Å². The van der Waals surface area contributed by atoms with Gasteiger partial charge in [0.2, 0.25) is 0 Å². The summed E-state index contributed by atoms with van der Waals surface area (Å²) in [6.07, 6.45) is 1.86. The Kier molecular flexibility index (Phi) is 5.21. The van der Waals surface area contributed by atoms with E-state index >= 15 is 0 Å². The molecule has 0 spiro atoms. The Morgan fingerprint density at radius 1 is 1.55 bits per heavy atom. The molecule has 0 saturated heterocycles. The average molecular weight is 285 g/mol. The fourth-order valence-electron chi connectivity index (χ4n) is 1.63. The monoisotopic (exact) mass is 285 g/mol. The summed E-state index contributed by atoms with van der Waals surface area (Å²) in [7, 11) is 0. The maximum Gasteiger partial charge on any atom is 0.328 e. The number of amides is 1. The summed E-state index contributed by atoms with van der Waals surface area (Å²) in [6, 6.07) is -0.382. The van der Waals surface area contributed by atoms with Crippen molar-refractivity contribution in [2.24, 2.45) is 0 Å². The number of rotatable bonds is 7. The fraction of sp³-hybridized carbons (Fsp3) is 0.455. The van der Waals surface area contributed by atoms with Crippen LogP contribution < -0.4 is 5.32 Å². The van der Waals surface area contributed by atoms with Crippen molar-refractivity contribution in [2.45, 2.75) is 25.9 Å². The smallest absolute Gasteiger partial charge is 0.328 e. The highest BCUT2D eigenvalue weighted by molar-refractivity contribution is 5.96. The van der Waals surface area contributed by atoms with E-state index in [0.717, 1.165) is 6.07 Å². The van der Waals surface area contributed by atoms with E-state index in [2.05, 4.69) is 5.32 Å². The molecule has 1 aromatic heterocycles. The van der Waals surface area contributed by atoms with Gasteiger partial charge in [0.15, 0.2) is 6.04 Å². The lowest BCUT2D eigenvalue weighted by Gasteiger charge is -2.12. The first kappa shape index (κ1) is 15.6. The third kappa shape index (κ3) is 3.54. The molecule has 1 atom stereocenters. The number of aliphatic hydroxyl groups excluding tert-OH is 1. The number of carboxylic acid groups (broad SMARTS) is 1. The standard InChI is InChI=1S/C11H15N3O6/c1-2-3-13-5-7(14(19)20)4-9(13)10(16)12-8(6-15)11(17)18/h4-5,8,15H,2-3,6H2,1H3,(H,12,16)(H,17,18). The molecule has 9 nitrogen and oxygen atoms in total. The Labute approximate surface area is 114 Å². The molecule has 0 aliphatic carbocycles. The van der Waals surface area contributed by atoms with E-state index in [9.17, 15) is 19.7 Å². The summed E-state index contributed by atoms with van der Waals surface area (Å²) in [5, 5.41) is 30.4. The second-order valence-corrected chi connectivity index (χ2v) is 4.08. The number of aliphatic carboxylic acids is 1. The van der Waals surface area contributed by atoms with E-state index < -0.39 is 29.4 Å². The minimum absolute atomic E-state index is 0.0155. The van der Waals surface area contributed by atoms with Gasteiger partial charge in [0.1, 0.15) is 5.69 Å². The largest absolute Gasteiger partial charge is 0.480 e. The SMILES string of the molecule is CCCn1cc([N+](=O)[O-])cc1C(=O)NC(CO)C(=O)O. The molecule has 0 aromatic carbocycles. The molecule has 1 amide bonds. The minimum Gasteiger partial charge on any atom is -0.480 e. The van der Waals surface area contributed by atoms with Crippen molar-refractivity contribution >= 4 is 17.6 Å². The Hall–Kier alpha value is -2.42. The van der Waals surface area contributed by atoms with Crippen LogP contribution in [0.3, 0.4) is 0 Å². The average Bonchev–Trinajstić information content (AvgIpc) is 2.80. The number of nitro groups is 1. The number of aliphatic hydroxyl groups is 1. The van der Waals surface area contributed by atoms with Gasteiger partial charge in [0.25, 0.3) is 11.6 Å². The molecule has 1 aromatic rings. The normalized spacial score (nSPS) is 11.9. The molecule has 0 radical (unpaired) electrons. The maximum absolute atomic E-state index is 11.9. The zero-order valence-electron chi connectivity index (χ0n) is 10.8. The first-order chi connectivity index (χ1) is 9.40. The number of nitrogens with zero attached hydrogens (tertiary/aromatic N) is 2. The van der Waals surface area contributed by atoms with Crippen molar-refractivity contribution < 1.29 is 24.7 Å². The van der Waals surface area contributed by atoms with Gasteiger partial charge in [-0.25, -0.2) is 4.79 Å². The topological polar surface area (TPSA) is 135 Å². The zero-order chi connectivity index (χ0) is 15.3. The number of aromatic nitrogens is 1. The van der Waals surface area contributed by atoms with Gasteiger partial charge in [-0.3, -0.25) is 14.9 Å². The highest BCUT2D eigenvalue weighted by Gasteiger charge is 2.24. The van der Waals surface area contributed by atoms with E-state index in [1.807, 2.05) is 6.92 Å². The zero-order valence-corrected chi connectivity index (χ0v) is 10.8. The van der Waals surface area contributed by atoms with Crippen LogP contribution in [-0.4, -0.2) is 44.2 Å². The summed E-state index contributed by atoms with van der Waals surface area (Å²) >= 11 is 0. The summed E-state index contributed by atoms with van der Waals surface area (Å²) in [6.45, 7) is 1.45. The molecule has 1 rings (SSSR count). The lowest BCUT2D eigenvalue weighted by Crippen LogP contribution is -2.43. The molecule has 0 bridgehead atoms. The van der Waals surface area contributed by atoms with Gasteiger partial charge >= 0.3 is 5.97 Å². The second kappa shape index (κ2) is 6.66. The number of carboxylic acids is 1. The van der Waals surface area contributed by atoms with Crippen LogP contribution >= 0.6 is 0 Å². The first-order valence-corrected chi connectivity index (χ1v) is 5.89. The molecule has 0 aliphatic heterocycles. The van der Waals surface area contributed by atoms with Crippen LogP contribution in [0.2, 0.25) is 0 Å². The first-order valence-electron chi connectivity index (χ1n) is 5.89. The maximum atomic E-state index is 11.9. The summed E-state index contributed by atoms with van der Waals surface area (Å²) < 4.78 is 1.38. The van der Waals surface area contributed by atoms with Crippen molar-refractivity contribution in [2.75, 3.05) is 6.61 Å². The fourth-order valence-corrected chi connectivity index (χ4v) is 1.63. The van der Waals surface area contributed by atoms with Crippen LogP contribution in [0.25, 0.3) is 0 Å². The number of hydrogen-bond donors (Lipinski definition) is 3. The van der Waals surface area contributed by atoms with Gasteiger partial charge in [-0.2, -0.15) is 0 Å². The highest BCUT2D eigenvalue weighted by Crippen LogP contribution is 2.17. The van der Waals surface area contributed by atoms with Crippen LogP contribution in [0.15, 0.2) is 12.3 Å². The molecule has 1 unspecified atom stereocenters. The Morgan fingerprint density at radius 3 is 2.65 bits per heavy atom. The minimum atomic E-state index is -1.45. The lowest BCUT2D eigenvalue weighted by molar-refractivity contribution is -0.384. The Bertz CT molecular complexity index is 524. The number of carbonyl (C=O) groups excluding carboxylic acids is 1.